The molecule has 1 aliphatic heterocycles. The lowest BCUT2D eigenvalue weighted by Gasteiger charge is -2.16. The van der Waals surface area contributed by atoms with E-state index in [9.17, 15) is 24.0 Å². The van der Waals surface area contributed by atoms with Crippen LogP contribution in [0.25, 0.3) is 0 Å². The maximum atomic E-state index is 12.2. The zero-order valence-electron chi connectivity index (χ0n) is 18.8. The second-order valence-corrected chi connectivity index (χ2v) is 9.06. The molecule has 1 aliphatic rings. The van der Waals surface area contributed by atoms with Crippen molar-refractivity contribution in [1.82, 2.24) is 20.9 Å². The minimum absolute atomic E-state index is 0.0703. The minimum atomic E-state index is -0.853. The van der Waals surface area contributed by atoms with Crippen LogP contribution >= 0.6 is 11.8 Å². The van der Waals surface area contributed by atoms with Gasteiger partial charge in [0.2, 0.25) is 29.5 Å². The third-order valence-corrected chi connectivity index (χ3v) is 6.44. The molecule has 0 bridgehead atoms. The molecule has 3 N–H and O–H groups in total. The first-order valence-electron chi connectivity index (χ1n) is 10.9. The van der Waals surface area contributed by atoms with Gasteiger partial charge in [0.1, 0.15) is 6.04 Å². The summed E-state index contributed by atoms with van der Waals surface area (Å²) in [5.41, 5.74) is 0. The number of amides is 5. The maximum absolute atomic E-state index is 12.2. The summed E-state index contributed by atoms with van der Waals surface area (Å²) >= 11 is 1.58. The number of hydrogen-bond acceptors (Lipinski definition) is 6. The standard InChI is InChI=1S/C21H36N4O5S/c1-15(26)24-16(13-18(27)22-2)20(29)23-11-9-7-5-4-6-8-10-12-31-17-14-19(28)25(3)21(17)30/h16-17H,4-14H2,1-3H3,(H,22,27)(H,23,29)(H,24,26)/t16-,17?/m0/s1. The summed E-state index contributed by atoms with van der Waals surface area (Å²) in [5.74, 6) is -0.254. The van der Waals surface area contributed by atoms with Crippen molar-refractivity contribution >= 4 is 41.3 Å². The lowest BCUT2D eigenvalue weighted by Crippen LogP contribution is -2.48. The molecule has 0 radical (unpaired) electrons. The molecule has 10 heteroatoms. The maximum Gasteiger partial charge on any atom is 0.243 e. The van der Waals surface area contributed by atoms with Crippen molar-refractivity contribution in [2.75, 3.05) is 26.4 Å². The van der Waals surface area contributed by atoms with Crippen molar-refractivity contribution in [3.05, 3.63) is 0 Å². The van der Waals surface area contributed by atoms with Crippen molar-refractivity contribution in [1.29, 1.82) is 0 Å². The second-order valence-electron chi connectivity index (χ2n) is 7.75. The number of carbonyl (C=O) groups excluding carboxylic acids is 5. The van der Waals surface area contributed by atoms with Gasteiger partial charge in [-0.15, -0.1) is 11.8 Å². The van der Waals surface area contributed by atoms with Gasteiger partial charge in [0.15, 0.2) is 0 Å². The Balaban J connectivity index is 2.02. The Kier molecular flexibility index (Phi) is 12.9. The molecule has 1 saturated heterocycles. The number of likely N-dealkylation sites (tertiary alicyclic amines) is 1. The van der Waals surface area contributed by atoms with E-state index >= 15 is 0 Å². The summed E-state index contributed by atoms with van der Waals surface area (Å²) in [7, 11) is 3.03. The van der Waals surface area contributed by atoms with Crippen LogP contribution < -0.4 is 16.0 Å². The highest BCUT2D eigenvalue weighted by Gasteiger charge is 2.35. The molecule has 0 saturated carbocycles. The number of nitrogens with zero attached hydrogens (tertiary/aromatic N) is 1. The van der Waals surface area contributed by atoms with Crippen molar-refractivity contribution in [3.8, 4) is 0 Å². The van der Waals surface area contributed by atoms with Crippen molar-refractivity contribution < 1.29 is 24.0 Å². The topological polar surface area (TPSA) is 125 Å². The first-order chi connectivity index (χ1) is 14.8. The highest BCUT2D eigenvalue weighted by molar-refractivity contribution is 8.00. The first kappa shape index (κ1) is 26.9. The third-order valence-electron chi connectivity index (χ3n) is 5.14. The lowest BCUT2D eigenvalue weighted by atomic mass is 10.1. The average molecular weight is 457 g/mol. The van der Waals surface area contributed by atoms with Gasteiger partial charge in [-0.25, -0.2) is 0 Å². The molecule has 0 aliphatic carbocycles. The molecule has 0 aromatic carbocycles. The van der Waals surface area contributed by atoms with Crippen molar-refractivity contribution in [2.24, 2.45) is 0 Å². The molecule has 1 heterocycles. The third kappa shape index (κ3) is 10.7. The summed E-state index contributed by atoms with van der Waals surface area (Å²) in [5, 5.41) is 7.54. The molecule has 1 rings (SSSR count). The number of thioether (sulfide) groups is 1. The Labute approximate surface area is 188 Å². The molecule has 0 spiro atoms. The number of nitrogens with one attached hydrogen (secondary N) is 3. The van der Waals surface area contributed by atoms with Gasteiger partial charge in [-0.3, -0.25) is 28.9 Å². The highest BCUT2D eigenvalue weighted by atomic mass is 32.2. The van der Waals surface area contributed by atoms with Crippen molar-refractivity contribution in [3.63, 3.8) is 0 Å². The van der Waals surface area contributed by atoms with Crippen LogP contribution in [-0.2, 0) is 24.0 Å². The predicted molar refractivity (Wildman–Crippen MR) is 120 cm³/mol. The van der Waals surface area contributed by atoms with Crippen LogP contribution in [0, 0.1) is 0 Å². The normalized spacial score (nSPS) is 16.9. The van der Waals surface area contributed by atoms with Gasteiger partial charge in [0.05, 0.1) is 11.7 Å². The number of imide groups is 1. The Morgan fingerprint density at radius 3 is 2.23 bits per heavy atom. The smallest absolute Gasteiger partial charge is 0.243 e. The SMILES string of the molecule is CNC(=O)C[C@H](NC(C)=O)C(=O)NCCCCCCCCCSC1CC(=O)N(C)C1=O. The largest absolute Gasteiger partial charge is 0.359 e. The van der Waals surface area contributed by atoms with Gasteiger partial charge in [0, 0.05) is 34.0 Å². The Morgan fingerprint density at radius 2 is 1.68 bits per heavy atom. The van der Waals surface area contributed by atoms with E-state index < -0.39 is 6.04 Å². The average Bonchev–Trinajstić information content (AvgIpc) is 2.97. The molecular formula is C21H36N4O5S. The molecule has 176 valence electrons. The Morgan fingerprint density at radius 1 is 1.06 bits per heavy atom. The molecule has 2 atom stereocenters. The molecule has 1 fully saturated rings. The van der Waals surface area contributed by atoms with Gasteiger partial charge >= 0.3 is 0 Å². The summed E-state index contributed by atoms with van der Waals surface area (Å²) in [6, 6.07) is -0.853. The quantitative estimate of drug-likeness (QED) is 0.249. The van der Waals surface area contributed by atoms with Crippen LogP contribution in [0.4, 0.5) is 0 Å². The van der Waals surface area contributed by atoms with Crippen LogP contribution in [-0.4, -0.2) is 72.1 Å². The minimum Gasteiger partial charge on any atom is -0.359 e. The van der Waals surface area contributed by atoms with Crippen LogP contribution in [0.15, 0.2) is 0 Å². The fourth-order valence-electron chi connectivity index (χ4n) is 3.27. The zero-order valence-corrected chi connectivity index (χ0v) is 19.6. The number of hydrogen-bond donors (Lipinski definition) is 3. The zero-order chi connectivity index (χ0) is 23.2. The van der Waals surface area contributed by atoms with Crippen molar-refractivity contribution in [2.45, 2.75) is 76.0 Å². The lowest BCUT2D eigenvalue weighted by molar-refractivity contribution is -0.136. The molecule has 0 aromatic heterocycles. The molecule has 0 aromatic rings. The van der Waals surface area contributed by atoms with Gasteiger partial charge < -0.3 is 16.0 Å². The predicted octanol–water partition coefficient (Wildman–Crippen LogP) is 0.965. The van der Waals surface area contributed by atoms with E-state index in [0.717, 1.165) is 50.7 Å². The summed E-state index contributed by atoms with van der Waals surface area (Å²) < 4.78 is 0. The van der Waals surface area contributed by atoms with Gasteiger partial charge in [-0.2, -0.15) is 0 Å². The molecule has 9 nitrogen and oxygen atoms in total. The Hall–Kier alpha value is -2.10. The van der Waals surface area contributed by atoms with Crippen LogP contribution in [0.1, 0.15) is 64.7 Å². The monoisotopic (exact) mass is 456 g/mol. The number of unbranched alkanes of at least 4 members (excludes halogenated alkanes) is 6. The van der Waals surface area contributed by atoms with Crippen LogP contribution in [0.5, 0.6) is 0 Å². The van der Waals surface area contributed by atoms with E-state index in [4.69, 9.17) is 0 Å². The molecular weight excluding hydrogens is 420 g/mol. The van der Waals surface area contributed by atoms with E-state index in [-0.39, 0.29) is 41.2 Å². The molecule has 31 heavy (non-hydrogen) atoms. The molecule has 5 amide bonds. The van der Waals surface area contributed by atoms with E-state index in [1.54, 1.807) is 18.8 Å². The Bertz CT molecular complexity index is 643. The highest BCUT2D eigenvalue weighted by Crippen LogP contribution is 2.25. The first-order valence-corrected chi connectivity index (χ1v) is 12.0. The van der Waals surface area contributed by atoms with Crippen LogP contribution in [0.2, 0.25) is 0 Å². The fraction of sp³-hybridized carbons (Fsp3) is 0.762. The number of rotatable bonds is 15. The van der Waals surface area contributed by atoms with E-state index in [2.05, 4.69) is 16.0 Å². The summed E-state index contributed by atoms with van der Waals surface area (Å²) in [6.07, 6.45) is 7.56. The van der Waals surface area contributed by atoms with Crippen LogP contribution in [0.3, 0.4) is 0 Å². The van der Waals surface area contributed by atoms with E-state index in [0.29, 0.717) is 13.0 Å². The van der Waals surface area contributed by atoms with Gasteiger partial charge in [0.25, 0.3) is 0 Å². The van der Waals surface area contributed by atoms with E-state index in [1.165, 1.54) is 18.9 Å². The van der Waals surface area contributed by atoms with Gasteiger partial charge in [-0.05, 0) is 18.6 Å². The number of carbonyl (C=O) groups is 5. The fourth-order valence-corrected chi connectivity index (χ4v) is 4.48. The molecule has 1 unspecified atom stereocenters. The van der Waals surface area contributed by atoms with Gasteiger partial charge in [-0.1, -0.05) is 32.1 Å². The second kappa shape index (κ2) is 14.8. The summed E-state index contributed by atoms with van der Waals surface area (Å²) in [4.78, 5) is 59.4. The van der Waals surface area contributed by atoms with E-state index in [1.807, 2.05) is 0 Å². The summed E-state index contributed by atoms with van der Waals surface area (Å²) in [6.45, 7) is 1.83.